The molecule has 3 aromatic heterocycles. The summed E-state index contributed by atoms with van der Waals surface area (Å²) in [5.74, 6) is 1.83. The number of pyridine rings is 1. The predicted molar refractivity (Wildman–Crippen MR) is 199 cm³/mol. The van der Waals surface area contributed by atoms with Crippen molar-refractivity contribution in [1.82, 2.24) is 19.9 Å². The van der Waals surface area contributed by atoms with Crippen LogP contribution in [0, 0.1) is 0 Å². The molecule has 0 spiro atoms. The highest BCUT2D eigenvalue weighted by atomic mass is 16.3. The number of hydrogen-bond acceptors (Lipinski definition) is 5. The van der Waals surface area contributed by atoms with Gasteiger partial charge in [0, 0.05) is 45.2 Å². The van der Waals surface area contributed by atoms with E-state index >= 15 is 0 Å². The molecule has 0 fully saturated rings. The third-order valence-electron chi connectivity index (χ3n) is 9.41. The van der Waals surface area contributed by atoms with Gasteiger partial charge in [-0.2, -0.15) is 0 Å². The van der Waals surface area contributed by atoms with Crippen LogP contribution in [0.15, 0.2) is 162 Å². The Morgan fingerprint density at radius 2 is 1.08 bits per heavy atom. The van der Waals surface area contributed by atoms with Crippen molar-refractivity contribution in [3.63, 3.8) is 0 Å². The molecule has 0 amide bonds. The molecular weight excluding hydrogens is 601 g/mol. The molecule has 0 aliphatic carbocycles. The molecule has 49 heavy (non-hydrogen) atoms. The molecule has 0 aliphatic rings. The van der Waals surface area contributed by atoms with E-state index in [9.17, 15) is 0 Å². The van der Waals surface area contributed by atoms with Gasteiger partial charge in [-0.3, -0.25) is 4.98 Å². The molecule has 10 aromatic rings. The Morgan fingerprint density at radius 3 is 1.94 bits per heavy atom. The molecule has 228 valence electrons. The van der Waals surface area contributed by atoms with Crippen LogP contribution in [0.5, 0.6) is 0 Å². The van der Waals surface area contributed by atoms with Crippen LogP contribution >= 0.6 is 0 Å². The third kappa shape index (κ3) is 4.48. The monoisotopic (exact) mass is 626 g/mol. The first-order valence-corrected chi connectivity index (χ1v) is 16.3. The summed E-state index contributed by atoms with van der Waals surface area (Å²) in [6, 6.07) is 50.2. The van der Waals surface area contributed by atoms with Crippen molar-refractivity contribution in [3.05, 3.63) is 158 Å². The lowest BCUT2D eigenvalue weighted by molar-refractivity contribution is 0.669. The average Bonchev–Trinajstić information content (AvgIpc) is 3.57. The number of fused-ring (bicyclic) bond motifs is 8. The van der Waals surface area contributed by atoms with Crippen molar-refractivity contribution in [2.45, 2.75) is 0 Å². The lowest BCUT2D eigenvalue weighted by Gasteiger charge is -2.14. The first-order chi connectivity index (χ1) is 24.3. The Morgan fingerprint density at radius 1 is 0.388 bits per heavy atom. The first kappa shape index (κ1) is 27.4. The minimum Gasteiger partial charge on any atom is -0.456 e. The Balaban J connectivity index is 1.16. The van der Waals surface area contributed by atoms with Crippen molar-refractivity contribution in [2.24, 2.45) is 0 Å². The normalized spacial score (nSPS) is 11.7. The van der Waals surface area contributed by atoms with E-state index in [-0.39, 0.29) is 0 Å². The van der Waals surface area contributed by atoms with Gasteiger partial charge in [-0.05, 0) is 62.3 Å². The maximum atomic E-state index is 6.21. The van der Waals surface area contributed by atoms with Gasteiger partial charge in [-0.15, -0.1) is 0 Å². The van der Waals surface area contributed by atoms with Crippen LogP contribution in [0.3, 0.4) is 0 Å². The van der Waals surface area contributed by atoms with Gasteiger partial charge in [-0.25, -0.2) is 15.0 Å². The minimum atomic E-state index is 0.601. The van der Waals surface area contributed by atoms with Gasteiger partial charge in [0.05, 0.1) is 0 Å². The second-order valence-electron chi connectivity index (χ2n) is 12.3. The lowest BCUT2D eigenvalue weighted by atomic mass is 9.90. The maximum Gasteiger partial charge on any atom is 0.164 e. The number of benzene rings is 7. The van der Waals surface area contributed by atoms with Crippen LogP contribution in [0.25, 0.3) is 99.5 Å². The van der Waals surface area contributed by atoms with Crippen LogP contribution in [0.1, 0.15) is 0 Å². The smallest absolute Gasteiger partial charge is 0.164 e. The average molecular weight is 627 g/mol. The van der Waals surface area contributed by atoms with E-state index in [4.69, 9.17) is 19.4 Å². The van der Waals surface area contributed by atoms with Crippen molar-refractivity contribution < 1.29 is 4.42 Å². The fraction of sp³-hybridized carbons (Fsp3) is 0. The maximum absolute atomic E-state index is 6.21. The van der Waals surface area contributed by atoms with Crippen LogP contribution < -0.4 is 0 Å². The largest absolute Gasteiger partial charge is 0.456 e. The van der Waals surface area contributed by atoms with E-state index in [0.717, 1.165) is 49.6 Å². The van der Waals surface area contributed by atoms with E-state index in [1.54, 1.807) is 0 Å². The molecular formula is C44H26N4O. The second kappa shape index (κ2) is 10.9. The van der Waals surface area contributed by atoms with Gasteiger partial charge in [-0.1, -0.05) is 121 Å². The molecule has 0 saturated carbocycles. The number of rotatable bonds is 4. The third-order valence-corrected chi connectivity index (χ3v) is 9.41. The zero-order valence-electron chi connectivity index (χ0n) is 26.2. The van der Waals surface area contributed by atoms with Gasteiger partial charge < -0.3 is 4.42 Å². The van der Waals surface area contributed by atoms with Gasteiger partial charge >= 0.3 is 0 Å². The molecule has 5 heteroatoms. The predicted octanol–water partition coefficient (Wildman–Crippen LogP) is 11.3. The quantitative estimate of drug-likeness (QED) is 0.182. The zero-order valence-corrected chi connectivity index (χ0v) is 26.2. The van der Waals surface area contributed by atoms with Crippen LogP contribution in [0.4, 0.5) is 0 Å². The molecule has 0 unspecified atom stereocenters. The summed E-state index contributed by atoms with van der Waals surface area (Å²) in [5.41, 5.74) is 6.66. The van der Waals surface area contributed by atoms with E-state index in [2.05, 4.69) is 89.9 Å². The summed E-state index contributed by atoms with van der Waals surface area (Å²) in [6.45, 7) is 0. The Labute approximate surface area is 281 Å². The highest BCUT2D eigenvalue weighted by Gasteiger charge is 2.18. The van der Waals surface area contributed by atoms with Crippen molar-refractivity contribution in [3.8, 4) is 45.3 Å². The fourth-order valence-electron chi connectivity index (χ4n) is 7.10. The van der Waals surface area contributed by atoms with E-state index in [1.165, 1.54) is 32.5 Å². The summed E-state index contributed by atoms with van der Waals surface area (Å²) in [6.07, 6.45) is 3.83. The van der Waals surface area contributed by atoms with Crippen molar-refractivity contribution >= 4 is 54.3 Å². The molecule has 0 N–H and O–H groups in total. The van der Waals surface area contributed by atoms with E-state index in [1.807, 2.05) is 73.1 Å². The van der Waals surface area contributed by atoms with E-state index in [0.29, 0.717) is 17.5 Å². The standard InChI is InChI=1S/C44H26N4O/c1-2-9-29(10-3-1)42-46-43(48-44(47-42)35-14-8-16-39-41(35)34-13-6-7-15-38(34)49-39)30-19-17-27(18-20-30)36-25-31-11-4-5-12-32(31)33-22-21-28-23-24-45-26-37(28)40(33)36/h1-26H. The second-order valence-corrected chi connectivity index (χ2v) is 12.3. The van der Waals surface area contributed by atoms with E-state index < -0.39 is 0 Å². The topological polar surface area (TPSA) is 64.7 Å². The SMILES string of the molecule is c1ccc(-c2nc(-c3ccc(-c4cc5ccccc5c5ccc6ccncc6c45)cc3)nc(-c3cccc4oc5ccccc5c34)n2)cc1. The summed E-state index contributed by atoms with van der Waals surface area (Å²) < 4.78 is 6.21. The molecule has 5 nitrogen and oxygen atoms in total. The minimum absolute atomic E-state index is 0.601. The lowest BCUT2D eigenvalue weighted by Crippen LogP contribution is -2.00. The molecule has 0 aliphatic heterocycles. The van der Waals surface area contributed by atoms with Gasteiger partial charge in [0.15, 0.2) is 17.5 Å². The molecule has 7 aromatic carbocycles. The number of aromatic nitrogens is 4. The number of furan rings is 1. The highest BCUT2D eigenvalue weighted by molar-refractivity contribution is 6.22. The molecule has 3 heterocycles. The molecule has 0 atom stereocenters. The van der Waals surface area contributed by atoms with Gasteiger partial charge in [0.2, 0.25) is 0 Å². The summed E-state index contributed by atoms with van der Waals surface area (Å²) in [5, 5.41) is 9.19. The summed E-state index contributed by atoms with van der Waals surface area (Å²) in [7, 11) is 0. The number of para-hydroxylation sites is 1. The Kier molecular flexibility index (Phi) is 6.11. The molecule has 0 saturated heterocycles. The molecule has 10 rings (SSSR count). The summed E-state index contributed by atoms with van der Waals surface area (Å²) in [4.78, 5) is 19.6. The highest BCUT2D eigenvalue weighted by Crippen LogP contribution is 2.40. The number of nitrogens with zero attached hydrogens (tertiary/aromatic N) is 4. The van der Waals surface area contributed by atoms with Crippen molar-refractivity contribution in [1.29, 1.82) is 0 Å². The Bertz CT molecular complexity index is 2880. The van der Waals surface area contributed by atoms with Crippen LogP contribution in [-0.4, -0.2) is 19.9 Å². The van der Waals surface area contributed by atoms with Crippen LogP contribution in [0.2, 0.25) is 0 Å². The zero-order chi connectivity index (χ0) is 32.3. The molecule has 0 radical (unpaired) electrons. The fourth-order valence-corrected chi connectivity index (χ4v) is 7.10. The molecule has 0 bridgehead atoms. The summed E-state index contributed by atoms with van der Waals surface area (Å²) >= 11 is 0. The number of hydrogen-bond donors (Lipinski definition) is 0. The van der Waals surface area contributed by atoms with Crippen LogP contribution in [-0.2, 0) is 0 Å². The van der Waals surface area contributed by atoms with Crippen molar-refractivity contribution in [2.75, 3.05) is 0 Å². The van der Waals surface area contributed by atoms with Gasteiger partial charge in [0.1, 0.15) is 11.2 Å². The first-order valence-electron chi connectivity index (χ1n) is 16.3. The Hall–Kier alpha value is -6.72. The van der Waals surface area contributed by atoms with Gasteiger partial charge in [0.25, 0.3) is 0 Å².